The third-order valence-corrected chi connectivity index (χ3v) is 4.75. The zero-order valence-corrected chi connectivity index (χ0v) is 18.7. The quantitative estimate of drug-likeness (QED) is 0.436. The summed E-state index contributed by atoms with van der Waals surface area (Å²) in [5.41, 5.74) is 4.00. The molecule has 0 bridgehead atoms. The summed E-state index contributed by atoms with van der Waals surface area (Å²) in [6.07, 6.45) is 1.03. The summed E-state index contributed by atoms with van der Waals surface area (Å²) >= 11 is 0. The van der Waals surface area contributed by atoms with Crippen molar-refractivity contribution in [2.45, 2.75) is 40.3 Å². The fourth-order valence-corrected chi connectivity index (χ4v) is 2.85. The molecule has 6 heteroatoms. The molecule has 30 heavy (non-hydrogen) atoms. The number of carbonyl (C=O) groups excluding carboxylic acids is 1. The molecule has 0 atom stereocenters. The molecule has 0 aliphatic rings. The number of hydrogen-bond acceptors (Lipinski definition) is 3. The number of rotatable bonds is 9. The minimum atomic E-state index is -0.0866. The van der Waals surface area contributed by atoms with Gasteiger partial charge in [0, 0.05) is 38.3 Å². The van der Waals surface area contributed by atoms with Crippen molar-refractivity contribution in [1.29, 1.82) is 0 Å². The lowest BCUT2D eigenvalue weighted by molar-refractivity contribution is 0.0963. The van der Waals surface area contributed by atoms with E-state index < -0.39 is 0 Å². The van der Waals surface area contributed by atoms with Crippen LogP contribution in [0, 0.1) is 12.8 Å². The van der Waals surface area contributed by atoms with Crippen molar-refractivity contribution in [2.24, 2.45) is 10.9 Å². The van der Waals surface area contributed by atoms with E-state index in [9.17, 15) is 4.79 Å². The number of carbonyl (C=O) groups is 1. The molecule has 3 N–H and O–H groups in total. The molecule has 0 radical (unpaired) electrons. The van der Waals surface area contributed by atoms with Crippen LogP contribution in [0.1, 0.15) is 47.3 Å². The highest BCUT2D eigenvalue weighted by Gasteiger charge is 2.07. The number of nitrogens with zero attached hydrogens (tertiary/aromatic N) is 1. The van der Waals surface area contributed by atoms with Gasteiger partial charge in [-0.1, -0.05) is 38.1 Å². The highest BCUT2D eigenvalue weighted by molar-refractivity contribution is 5.93. The van der Waals surface area contributed by atoms with Crippen LogP contribution in [0.15, 0.2) is 47.5 Å². The summed E-state index contributed by atoms with van der Waals surface area (Å²) in [5.74, 6) is 2.16. The second-order valence-electron chi connectivity index (χ2n) is 7.70. The van der Waals surface area contributed by atoms with Gasteiger partial charge in [-0.25, -0.2) is 0 Å². The van der Waals surface area contributed by atoms with Gasteiger partial charge in [-0.2, -0.15) is 0 Å². The maximum atomic E-state index is 11.6. The average Bonchev–Trinajstić information content (AvgIpc) is 2.74. The van der Waals surface area contributed by atoms with Crippen LogP contribution in [-0.2, 0) is 13.1 Å². The fourth-order valence-electron chi connectivity index (χ4n) is 2.85. The summed E-state index contributed by atoms with van der Waals surface area (Å²) < 4.78 is 6.03. The topological polar surface area (TPSA) is 74.8 Å². The second kappa shape index (κ2) is 11.9. The molecule has 2 rings (SSSR count). The van der Waals surface area contributed by atoms with Gasteiger partial charge in [-0.15, -0.1) is 0 Å². The number of aryl methyl sites for hydroxylation is 1. The summed E-state index contributed by atoms with van der Waals surface area (Å²) in [6, 6.07) is 13.8. The van der Waals surface area contributed by atoms with Crippen LogP contribution in [-0.4, -0.2) is 32.6 Å². The maximum absolute atomic E-state index is 11.6. The Morgan fingerprint density at radius 3 is 2.40 bits per heavy atom. The predicted molar refractivity (Wildman–Crippen MR) is 123 cm³/mol. The number of nitrogens with one attached hydrogen (secondary N) is 3. The van der Waals surface area contributed by atoms with Crippen molar-refractivity contribution in [3.05, 3.63) is 64.7 Å². The Kier molecular flexibility index (Phi) is 9.19. The minimum absolute atomic E-state index is 0.0866. The molecule has 0 aliphatic heterocycles. The Labute approximate surface area is 180 Å². The first kappa shape index (κ1) is 23.3. The molecule has 0 aliphatic carbocycles. The van der Waals surface area contributed by atoms with E-state index in [1.165, 1.54) is 5.56 Å². The number of ether oxygens (including phenoxy) is 1. The van der Waals surface area contributed by atoms with E-state index in [1.807, 2.05) is 24.3 Å². The van der Waals surface area contributed by atoms with Gasteiger partial charge in [0.25, 0.3) is 5.91 Å². The third kappa shape index (κ3) is 7.43. The van der Waals surface area contributed by atoms with Gasteiger partial charge < -0.3 is 20.7 Å². The molecule has 0 spiro atoms. The monoisotopic (exact) mass is 410 g/mol. The molecule has 2 aromatic rings. The maximum Gasteiger partial charge on any atom is 0.251 e. The van der Waals surface area contributed by atoms with Gasteiger partial charge in [0.2, 0.25) is 0 Å². The molecule has 0 heterocycles. The first-order valence-electron chi connectivity index (χ1n) is 10.4. The van der Waals surface area contributed by atoms with Crippen LogP contribution in [0.3, 0.4) is 0 Å². The lowest BCUT2D eigenvalue weighted by Gasteiger charge is -2.16. The Morgan fingerprint density at radius 2 is 1.77 bits per heavy atom. The van der Waals surface area contributed by atoms with Crippen LogP contribution in [0.4, 0.5) is 0 Å². The number of aliphatic imine (C=N–C) groups is 1. The van der Waals surface area contributed by atoms with E-state index in [0.29, 0.717) is 37.1 Å². The Hall–Kier alpha value is -3.02. The van der Waals surface area contributed by atoms with E-state index in [1.54, 1.807) is 14.1 Å². The van der Waals surface area contributed by atoms with Crippen molar-refractivity contribution in [1.82, 2.24) is 16.0 Å². The molecule has 0 fully saturated rings. The lowest BCUT2D eigenvalue weighted by atomic mass is 10.1. The molecular weight excluding hydrogens is 376 g/mol. The number of guanidine groups is 1. The zero-order chi connectivity index (χ0) is 21.9. The second-order valence-corrected chi connectivity index (χ2v) is 7.70. The molecule has 0 aromatic heterocycles. The Morgan fingerprint density at radius 1 is 1.07 bits per heavy atom. The molecule has 0 unspecified atom stereocenters. The number of amides is 1. The normalized spacial score (nSPS) is 11.3. The molecule has 0 saturated heterocycles. The first-order valence-corrected chi connectivity index (χ1v) is 10.4. The van der Waals surface area contributed by atoms with Crippen LogP contribution < -0.4 is 20.7 Å². The van der Waals surface area contributed by atoms with E-state index >= 15 is 0 Å². The average molecular weight is 411 g/mol. The van der Waals surface area contributed by atoms with Crippen molar-refractivity contribution in [3.8, 4) is 5.75 Å². The van der Waals surface area contributed by atoms with Crippen molar-refractivity contribution >= 4 is 11.9 Å². The van der Waals surface area contributed by atoms with Gasteiger partial charge in [-0.3, -0.25) is 9.79 Å². The standard InChI is InChI=1S/C24H34N4O2/c1-17(2)12-13-30-22-14-18(3)6-9-21(22)16-28-24(26-5)27-15-19-7-10-20(11-8-19)23(29)25-4/h6-11,14,17H,12-13,15-16H2,1-5H3,(H,25,29)(H2,26,27,28). The van der Waals surface area contributed by atoms with Gasteiger partial charge in [0.1, 0.15) is 5.75 Å². The highest BCUT2D eigenvalue weighted by atomic mass is 16.5. The van der Waals surface area contributed by atoms with Gasteiger partial charge in [0.15, 0.2) is 5.96 Å². The summed E-state index contributed by atoms with van der Waals surface area (Å²) in [6.45, 7) is 8.41. The van der Waals surface area contributed by atoms with Crippen LogP contribution in [0.5, 0.6) is 5.75 Å². The van der Waals surface area contributed by atoms with Crippen LogP contribution in [0.25, 0.3) is 0 Å². The first-order chi connectivity index (χ1) is 14.4. The minimum Gasteiger partial charge on any atom is -0.493 e. The van der Waals surface area contributed by atoms with E-state index in [2.05, 4.69) is 59.9 Å². The van der Waals surface area contributed by atoms with E-state index in [-0.39, 0.29) is 5.91 Å². The lowest BCUT2D eigenvalue weighted by Crippen LogP contribution is -2.36. The fraction of sp³-hybridized carbons (Fsp3) is 0.417. The Bertz CT molecular complexity index is 845. The highest BCUT2D eigenvalue weighted by Crippen LogP contribution is 2.21. The van der Waals surface area contributed by atoms with Gasteiger partial charge in [0.05, 0.1) is 6.61 Å². The summed E-state index contributed by atoms with van der Waals surface area (Å²) in [7, 11) is 3.38. The molecule has 1 amide bonds. The van der Waals surface area contributed by atoms with Crippen molar-refractivity contribution in [2.75, 3.05) is 20.7 Å². The van der Waals surface area contributed by atoms with Gasteiger partial charge in [-0.05, 0) is 48.6 Å². The molecule has 2 aromatic carbocycles. The van der Waals surface area contributed by atoms with Gasteiger partial charge >= 0.3 is 0 Å². The van der Waals surface area contributed by atoms with Crippen LogP contribution in [0.2, 0.25) is 0 Å². The largest absolute Gasteiger partial charge is 0.493 e. The SMILES string of the molecule is CN=C(NCc1ccc(C(=O)NC)cc1)NCc1ccc(C)cc1OCCC(C)C. The Balaban J connectivity index is 1.91. The van der Waals surface area contributed by atoms with E-state index in [0.717, 1.165) is 23.3 Å². The zero-order valence-electron chi connectivity index (χ0n) is 18.7. The predicted octanol–water partition coefficient (Wildman–Crippen LogP) is 3.64. The molecule has 162 valence electrons. The number of benzene rings is 2. The van der Waals surface area contributed by atoms with Crippen molar-refractivity contribution in [3.63, 3.8) is 0 Å². The molecular formula is C24H34N4O2. The summed E-state index contributed by atoms with van der Waals surface area (Å²) in [5, 5.41) is 9.28. The van der Waals surface area contributed by atoms with E-state index in [4.69, 9.17) is 4.74 Å². The summed E-state index contributed by atoms with van der Waals surface area (Å²) in [4.78, 5) is 15.9. The number of hydrogen-bond donors (Lipinski definition) is 3. The van der Waals surface area contributed by atoms with Crippen molar-refractivity contribution < 1.29 is 9.53 Å². The smallest absolute Gasteiger partial charge is 0.251 e. The van der Waals surface area contributed by atoms with Crippen LogP contribution >= 0.6 is 0 Å². The third-order valence-electron chi connectivity index (χ3n) is 4.75. The molecule has 0 saturated carbocycles. The molecule has 6 nitrogen and oxygen atoms in total.